The van der Waals surface area contributed by atoms with Crippen LogP contribution in [0.1, 0.15) is 23.3 Å². The lowest BCUT2D eigenvalue weighted by molar-refractivity contribution is -0.137. The van der Waals surface area contributed by atoms with E-state index in [2.05, 4.69) is 9.88 Å². The number of amides is 2. The van der Waals surface area contributed by atoms with Gasteiger partial charge in [0.25, 0.3) is 5.91 Å². The number of ether oxygens (including phenoxy) is 1. The maximum absolute atomic E-state index is 12.8. The third-order valence-electron chi connectivity index (χ3n) is 5.62. The molecule has 0 bridgehead atoms. The average molecular weight is 394 g/mol. The van der Waals surface area contributed by atoms with Crippen molar-refractivity contribution in [2.45, 2.75) is 18.9 Å². The zero-order valence-corrected chi connectivity index (χ0v) is 16.7. The Morgan fingerprint density at radius 1 is 0.931 bits per heavy atom. The molecule has 2 amide bonds. The summed E-state index contributed by atoms with van der Waals surface area (Å²) in [5, 5.41) is 0. The lowest BCUT2D eigenvalue weighted by Crippen LogP contribution is -2.54. The second-order valence-electron chi connectivity index (χ2n) is 7.55. The van der Waals surface area contributed by atoms with Gasteiger partial charge < -0.3 is 14.5 Å². The molecule has 2 aliphatic heterocycles. The molecular formula is C22H26N4O3. The van der Waals surface area contributed by atoms with E-state index < -0.39 is 0 Å². The van der Waals surface area contributed by atoms with Crippen molar-refractivity contribution in [3.8, 4) is 11.5 Å². The van der Waals surface area contributed by atoms with Crippen molar-refractivity contribution < 1.29 is 14.3 Å². The van der Waals surface area contributed by atoms with Crippen LogP contribution in [0, 0.1) is 0 Å². The minimum Gasteiger partial charge on any atom is -0.456 e. The number of likely N-dealkylation sites (tertiary alicyclic amines) is 1. The molecule has 29 heavy (non-hydrogen) atoms. The second-order valence-corrected chi connectivity index (χ2v) is 7.55. The Hall–Kier alpha value is -2.93. The first-order valence-electron chi connectivity index (χ1n) is 10.1. The fourth-order valence-corrected chi connectivity index (χ4v) is 3.92. The number of pyridine rings is 1. The first-order valence-corrected chi connectivity index (χ1v) is 10.1. The third kappa shape index (κ3) is 4.40. The van der Waals surface area contributed by atoms with Gasteiger partial charge in [-0.3, -0.25) is 14.5 Å². The highest BCUT2D eigenvalue weighted by Gasteiger charge is 2.33. The van der Waals surface area contributed by atoms with Gasteiger partial charge >= 0.3 is 0 Å². The van der Waals surface area contributed by atoms with Crippen molar-refractivity contribution in [1.29, 1.82) is 0 Å². The number of hydrogen-bond donors (Lipinski definition) is 0. The summed E-state index contributed by atoms with van der Waals surface area (Å²) in [7, 11) is 2.01. The van der Waals surface area contributed by atoms with Gasteiger partial charge in [0.2, 0.25) is 5.91 Å². The van der Waals surface area contributed by atoms with Gasteiger partial charge in [0.15, 0.2) is 0 Å². The van der Waals surface area contributed by atoms with E-state index >= 15 is 0 Å². The number of carbonyl (C=O) groups is 2. The molecule has 7 nitrogen and oxygen atoms in total. The van der Waals surface area contributed by atoms with Crippen molar-refractivity contribution in [3.05, 3.63) is 54.4 Å². The maximum atomic E-state index is 12.8. The molecule has 0 N–H and O–H groups in total. The zero-order valence-electron chi connectivity index (χ0n) is 16.7. The molecule has 3 heterocycles. The van der Waals surface area contributed by atoms with Crippen LogP contribution >= 0.6 is 0 Å². The maximum Gasteiger partial charge on any atom is 0.272 e. The minimum atomic E-state index is -0.110. The summed E-state index contributed by atoms with van der Waals surface area (Å²) in [5.74, 6) is 1.39. The highest BCUT2D eigenvalue weighted by molar-refractivity contribution is 5.92. The lowest BCUT2D eigenvalue weighted by atomic mass is 10.1. The van der Waals surface area contributed by atoms with Crippen molar-refractivity contribution in [3.63, 3.8) is 0 Å². The fourth-order valence-electron chi connectivity index (χ4n) is 3.92. The van der Waals surface area contributed by atoms with E-state index in [0.29, 0.717) is 37.6 Å². The highest BCUT2D eigenvalue weighted by atomic mass is 16.5. The smallest absolute Gasteiger partial charge is 0.272 e. The summed E-state index contributed by atoms with van der Waals surface area (Å²) in [6.45, 7) is 3.19. The van der Waals surface area contributed by atoms with Gasteiger partial charge in [-0.1, -0.05) is 18.2 Å². The van der Waals surface area contributed by atoms with Crippen LogP contribution in [0.3, 0.4) is 0 Å². The molecule has 7 heteroatoms. The summed E-state index contributed by atoms with van der Waals surface area (Å²) >= 11 is 0. The van der Waals surface area contributed by atoms with E-state index in [9.17, 15) is 9.59 Å². The number of hydrogen-bond acceptors (Lipinski definition) is 5. The Morgan fingerprint density at radius 2 is 1.66 bits per heavy atom. The van der Waals surface area contributed by atoms with Crippen LogP contribution < -0.4 is 4.74 Å². The molecule has 4 rings (SSSR count). The molecule has 0 radical (unpaired) electrons. The predicted molar refractivity (Wildman–Crippen MR) is 109 cm³/mol. The SMILES string of the molecule is CN1CCCC1C(=O)N1CCN(C(=O)c2ccc(Oc3ccccc3)cn2)CC1. The quantitative estimate of drug-likeness (QED) is 0.796. The molecule has 152 valence electrons. The van der Waals surface area contributed by atoms with Crippen LogP contribution in [-0.2, 0) is 4.79 Å². The summed E-state index contributed by atoms with van der Waals surface area (Å²) in [5.41, 5.74) is 0.390. The molecule has 2 aromatic rings. The lowest BCUT2D eigenvalue weighted by Gasteiger charge is -2.36. The molecule has 1 aromatic carbocycles. The summed E-state index contributed by atoms with van der Waals surface area (Å²) in [6, 6.07) is 12.9. The average Bonchev–Trinajstić information content (AvgIpc) is 3.20. The first kappa shape index (κ1) is 19.4. The number of nitrogens with zero attached hydrogens (tertiary/aromatic N) is 4. The van der Waals surface area contributed by atoms with Crippen LogP contribution in [0.4, 0.5) is 0 Å². The van der Waals surface area contributed by atoms with Gasteiger partial charge in [0.1, 0.15) is 17.2 Å². The predicted octanol–water partition coefficient (Wildman–Crippen LogP) is 2.25. The number of likely N-dealkylation sites (N-methyl/N-ethyl adjacent to an activating group) is 1. The molecule has 2 fully saturated rings. The van der Waals surface area contributed by atoms with Gasteiger partial charge in [-0.05, 0) is 50.7 Å². The number of aromatic nitrogens is 1. The summed E-state index contributed by atoms with van der Waals surface area (Å²) < 4.78 is 5.72. The summed E-state index contributed by atoms with van der Waals surface area (Å²) in [4.78, 5) is 35.5. The largest absolute Gasteiger partial charge is 0.456 e. The Balaban J connectivity index is 1.32. The topological polar surface area (TPSA) is 66.0 Å². The van der Waals surface area contributed by atoms with Crippen molar-refractivity contribution in [2.24, 2.45) is 0 Å². The van der Waals surface area contributed by atoms with Gasteiger partial charge in [0, 0.05) is 26.2 Å². The molecule has 1 atom stereocenters. The number of benzene rings is 1. The highest BCUT2D eigenvalue weighted by Crippen LogP contribution is 2.21. The Morgan fingerprint density at radius 3 is 2.28 bits per heavy atom. The van der Waals surface area contributed by atoms with Crippen LogP contribution in [0.2, 0.25) is 0 Å². The second kappa shape index (κ2) is 8.61. The minimum absolute atomic E-state index is 0.00363. The standard InChI is InChI=1S/C22H26N4O3/c1-24-11-5-8-20(24)22(28)26-14-12-25(13-15-26)21(27)19-10-9-18(16-23-19)29-17-6-3-2-4-7-17/h2-4,6-7,9-10,16,20H,5,8,11-15H2,1H3. The van der Waals surface area contributed by atoms with Crippen molar-refractivity contribution in [2.75, 3.05) is 39.8 Å². The fraction of sp³-hybridized carbons (Fsp3) is 0.409. The Bertz CT molecular complexity index is 848. The van der Waals surface area contributed by atoms with Crippen LogP contribution in [-0.4, -0.2) is 77.3 Å². The van der Waals surface area contributed by atoms with Crippen molar-refractivity contribution in [1.82, 2.24) is 19.7 Å². The van der Waals surface area contributed by atoms with E-state index in [1.807, 2.05) is 42.3 Å². The molecule has 1 aromatic heterocycles. The van der Waals surface area contributed by atoms with E-state index in [-0.39, 0.29) is 17.9 Å². The van der Waals surface area contributed by atoms with Crippen molar-refractivity contribution >= 4 is 11.8 Å². The van der Waals surface area contributed by atoms with Crippen LogP contribution in [0.5, 0.6) is 11.5 Å². The van der Waals surface area contributed by atoms with Gasteiger partial charge in [-0.15, -0.1) is 0 Å². The molecule has 0 aliphatic carbocycles. The number of rotatable bonds is 4. The Labute approximate surface area is 170 Å². The normalized spacial score (nSPS) is 20.0. The molecule has 2 aliphatic rings. The van der Waals surface area contributed by atoms with E-state index in [1.54, 1.807) is 23.2 Å². The number of para-hydroxylation sites is 1. The molecule has 0 saturated carbocycles. The van der Waals surface area contributed by atoms with Gasteiger partial charge in [-0.2, -0.15) is 0 Å². The number of carbonyl (C=O) groups excluding carboxylic acids is 2. The van der Waals surface area contributed by atoms with E-state index in [4.69, 9.17) is 4.74 Å². The molecule has 2 saturated heterocycles. The Kier molecular flexibility index (Phi) is 5.76. The first-order chi connectivity index (χ1) is 14.1. The zero-order chi connectivity index (χ0) is 20.2. The molecule has 0 spiro atoms. The van der Waals surface area contributed by atoms with E-state index in [1.165, 1.54) is 0 Å². The van der Waals surface area contributed by atoms with E-state index in [0.717, 1.165) is 25.1 Å². The van der Waals surface area contributed by atoms with Crippen LogP contribution in [0.25, 0.3) is 0 Å². The monoisotopic (exact) mass is 394 g/mol. The van der Waals surface area contributed by atoms with Gasteiger partial charge in [-0.25, -0.2) is 4.98 Å². The number of piperazine rings is 1. The van der Waals surface area contributed by atoms with Crippen LogP contribution in [0.15, 0.2) is 48.7 Å². The third-order valence-corrected chi connectivity index (χ3v) is 5.62. The molecular weight excluding hydrogens is 368 g/mol. The molecule has 1 unspecified atom stereocenters. The van der Waals surface area contributed by atoms with Gasteiger partial charge in [0.05, 0.1) is 12.2 Å². The summed E-state index contributed by atoms with van der Waals surface area (Å²) in [6.07, 6.45) is 3.56.